The standard InChI is InChI=1S/C23H26F3N5O2/c1-13(17-5-4-6-19(20(17)24)23(25,26)12-33-3)28-22-18-9-15(31-8-7-16(32)11-31)10-27-21(18)14(2)29-30-22/h4-6,9-10,13,16,32H,7-8,11-12H2,1-3H3,(H,28,30)/t13-,16+/m1/s1. The van der Waals surface area contributed by atoms with Crippen molar-refractivity contribution in [2.45, 2.75) is 38.3 Å². The third-order valence-electron chi connectivity index (χ3n) is 5.87. The molecule has 3 aromatic rings. The number of aliphatic hydroxyl groups excluding tert-OH is 1. The highest BCUT2D eigenvalue weighted by Crippen LogP contribution is 2.35. The van der Waals surface area contributed by atoms with E-state index in [-0.39, 0.29) is 11.7 Å². The summed E-state index contributed by atoms with van der Waals surface area (Å²) in [5.74, 6) is -4.08. The topological polar surface area (TPSA) is 83.4 Å². The molecule has 2 N–H and O–H groups in total. The molecule has 0 saturated carbocycles. The van der Waals surface area contributed by atoms with Gasteiger partial charge in [-0.25, -0.2) is 4.39 Å². The van der Waals surface area contributed by atoms with Crippen molar-refractivity contribution in [3.8, 4) is 0 Å². The first-order chi connectivity index (χ1) is 15.7. The van der Waals surface area contributed by atoms with E-state index in [0.29, 0.717) is 41.9 Å². The van der Waals surface area contributed by atoms with E-state index in [2.05, 4.69) is 25.2 Å². The number of methoxy groups -OCH3 is 1. The Morgan fingerprint density at radius 2 is 2.12 bits per heavy atom. The van der Waals surface area contributed by atoms with Crippen LogP contribution in [0.4, 0.5) is 24.7 Å². The average molecular weight is 461 g/mol. The molecule has 1 aliphatic rings. The molecular formula is C23H26F3N5O2. The van der Waals surface area contributed by atoms with E-state index in [4.69, 9.17) is 0 Å². The molecule has 0 amide bonds. The first-order valence-corrected chi connectivity index (χ1v) is 10.7. The Kier molecular flexibility index (Phi) is 6.40. The molecule has 0 spiro atoms. The number of nitrogens with zero attached hydrogens (tertiary/aromatic N) is 4. The highest BCUT2D eigenvalue weighted by atomic mass is 19.3. The summed E-state index contributed by atoms with van der Waals surface area (Å²) >= 11 is 0. The lowest BCUT2D eigenvalue weighted by atomic mass is 10.00. The van der Waals surface area contributed by atoms with Crippen molar-refractivity contribution >= 4 is 22.4 Å². The Morgan fingerprint density at radius 3 is 2.82 bits per heavy atom. The van der Waals surface area contributed by atoms with Gasteiger partial charge < -0.3 is 20.1 Å². The van der Waals surface area contributed by atoms with Crippen molar-refractivity contribution in [1.82, 2.24) is 15.2 Å². The van der Waals surface area contributed by atoms with Crippen LogP contribution in [0.15, 0.2) is 30.5 Å². The normalized spacial score (nSPS) is 17.5. The fourth-order valence-corrected chi connectivity index (χ4v) is 4.11. The molecule has 1 aromatic carbocycles. The summed E-state index contributed by atoms with van der Waals surface area (Å²) in [7, 11) is 1.15. The molecule has 2 aromatic heterocycles. The van der Waals surface area contributed by atoms with Gasteiger partial charge in [-0.15, -0.1) is 5.10 Å². The molecule has 1 fully saturated rings. The second kappa shape index (κ2) is 9.11. The molecule has 0 unspecified atom stereocenters. The van der Waals surface area contributed by atoms with Gasteiger partial charge >= 0.3 is 0 Å². The first-order valence-electron chi connectivity index (χ1n) is 10.7. The maximum absolute atomic E-state index is 15.1. The third kappa shape index (κ3) is 4.58. The number of aromatic nitrogens is 3. The van der Waals surface area contributed by atoms with Gasteiger partial charge in [0.1, 0.15) is 12.4 Å². The first kappa shape index (κ1) is 23.2. The summed E-state index contributed by atoms with van der Waals surface area (Å²) in [4.78, 5) is 6.55. The molecule has 0 bridgehead atoms. The fourth-order valence-electron chi connectivity index (χ4n) is 4.11. The van der Waals surface area contributed by atoms with E-state index < -0.39 is 30.0 Å². The van der Waals surface area contributed by atoms with Gasteiger partial charge in [-0.1, -0.05) is 12.1 Å². The summed E-state index contributed by atoms with van der Waals surface area (Å²) in [6.45, 7) is 3.76. The molecule has 7 nitrogen and oxygen atoms in total. The van der Waals surface area contributed by atoms with Gasteiger partial charge in [0.2, 0.25) is 0 Å². The second-order valence-electron chi connectivity index (χ2n) is 8.32. The smallest absolute Gasteiger partial charge is 0.298 e. The van der Waals surface area contributed by atoms with Crippen LogP contribution >= 0.6 is 0 Å². The summed E-state index contributed by atoms with van der Waals surface area (Å²) in [5.41, 5.74) is 1.44. The van der Waals surface area contributed by atoms with Gasteiger partial charge in [-0.3, -0.25) is 4.98 Å². The van der Waals surface area contributed by atoms with E-state index in [1.165, 1.54) is 12.1 Å². The van der Waals surface area contributed by atoms with Crippen molar-refractivity contribution in [1.29, 1.82) is 0 Å². The van der Waals surface area contributed by atoms with E-state index in [9.17, 15) is 13.9 Å². The number of aryl methyl sites for hydroxylation is 1. The maximum Gasteiger partial charge on any atom is 0.298 e. The van der Waals surface area contributed by atoms with E-state index in [1.54, 1.807) is 20.0 Å². The lowest BCUT2D eigenvalue weighted by Crippen LogP contribution is -2.23. The maximum atomic E-state index is 15.1. The molecule has 3 heterocycles. The van der Waals surface area contributed by atoms with Crippen LogP contribution in [0, 0.1) is 12.7 Å². The Labute approximate surface area is 189 Å². The van der Waals surface area contributed by atoms with Gasteiger partial charge in [-0.05, 0) is 32.4 Å². The molecule has 4 rings (SSSR count). The van der Waals surface area contributed by atoms with Crippen LogP contribution in [0.2, 0.25) is 0 Å². The number of hydrogen-bond acceptors (Lipinski definition) is 7. The number of fused-ring (bicyclic) bond motifs is 1. The number of anilines is 2. The van der Waals surface area contributed by atoms with Crippen molar-refractivity contribution in [3.05, 3.63) is 53.1 Å². The Hall–Kier alpha value is -2.98. The molecular weight excluding hydrogens is 435 g/mol. The number of ether oxygens (including phenoxy) is 1. The van der Waals surface area contributed by atoms with Crippen LogP contribution in [-0.4, -0.2) is 53.2 Å². The lowest BCUT2D eigenvalue weighted by molar-refractivity contribution is -0.0722. The minimum absolute atomic E-state index is 0.0746. The van der Waals surface area contributed by atoms with Crippen molar-refractivity contribution < 1.29 is 23.0 Å². The number of alkyl halides is 2. The largest absolute Gasteiger partial charge is 0.391 e. The third-order valence-corrected chi connectivity index (χ3v) is 5.87. The SMILES string of the molecule is COCC(F)(F)c1cccc([C@@H](C)Nc2nnc(C)c3ncc(N4CC[C@H](O)C4)cc23)c1F. The van der Waals surface area contributed by atoms with Gasteiger partial charge in [0.25, 0.3) is 5.92 Å². The Morgan fingerprint density at radius 1 is 1.33 bits per heavy atom. The summed E-state index contributed by atoms with van der Waals surface area (Å²) < 4.78 is 48.3. The average Bonchev–Trinajstić information content (AvgIpc) is 3.21. The van der Waals surface area contributed by atoms with Crippen LogP contribution in [0.25, 0.3) is 10.9 Å². The Balaban J connectivity index is 1.68. The minimum atomic E-state index is -3.45. The number of pyridine rings is 1. The summed E-state index contributed by atoms with van der Waals surface area (Å²) in [6, 6.07) is 5.13. The predicted molar refractivity (Wildman–Crippen MR) is 119 cm³/mol. The zero-order valence-corrected chi connectivity index (χ0v) is 18.6. The van der Waals surface area contributed by atoms with Crippen LogP contribution in [-0.2, 0) is 10.7 Å². The summed E-state index contributed by atoms with van der Waals surface area (Å²) in [5, 5.41) is 22.0. The summed E-state index contributed by atoms with van der Waals surface area (Å²) in [6.07, 6.45) is 2.02. The lowest BCUT2D eigenvalue weighted by Gasteiger charge is -2.22. The number of aliphatic hydroxyl groups is 1. The van der Waals surface area contributed by atoms with Crippen molar-refractivity contribution in [2.24, 2.45) is 0 Å². The number of nitrogens with one attached hydrogen (secondary N) is 1. The quantitative estimate of drug-likeness (QED) is 0.551. The van der Waals surface area contributed by atoms with Crippen LogP contribution in [0.1, 0.15) is 36.2 Å². The second-order valence-corrected chi connectivity index (χ2v) is 8.32. The molecule has 0 aliphatic carbocycles. The monoisotopic (exact) mass is 461 g/mol. The van der Waals surface area contributed by atoms with Crippen molar-refractivity contribution in [3.63, 3.8) is 0 Å². The molecule has 1 aliphatic heterocycles. The molecule has 2 atom stereocenters. The van der Waals surface area contributed by atoms with Crippen LogP contribution in [0.3, 0.4) is 0 Å². The van der Waals surface area contributed by atoms with Gasteiger partial charge in [0.05, 0.1) is 40.8 Å². The van der Waals surface area contributed by atoms with Crippen LogP contribution < -0.4 is 10.2 Å². The fraction of sp³-hybridized carbons (Fsp3) is 0.435. The molecule has 0 radical (unpaired) electrons. The van der Waals surface area contributed by atoms with Crippen LogP contribution in [0.5, 0.6) is 0 Å². The number of halogens is 3. The predicted octanol–water partition coefficient (Wildman–Crippen LogP) is 3.95. The minimum Gasteiger partial charge on any atom is -0.391 e. The zero-order valence-electron chi connectivity index (χ0n) is 18.6. The number of β-amino-alcohol motifs (C(OH)–C–C–N with tert-alkyl or cyclic N) is 1. The molecule has 176 valence electrons. The van der Waals surface area contributed by atoms with Gasteiger partial charge in [0.15, 0.2) is 5.82 Å². The zero-order chi connectivity index (χ0) is 23.8. The highest BCUT2D eigenvalue weighted by Gasteiger charge is 2.36. The van der Waals surface area contributed by atoms with Gasteiger partial charge in [-0.2, -0.15) is 13.9 Å². The van der Waals surface area contributed by atoms with Crippen molar-refractivity contribution in [2.75, 3.05) is 37.0 Å². The highest BCUT2D eigenvalue weighted by molar-refractivity contribution is 5.92. The number of benzene rings is 1. The molecule has 33 heavy (non-hydrogen) atoms. The van der Waals surface area contributed by atoms with E-state index >= 15 is 4.39 Å². The van der Waals surface area contributed by atoms with E-state index in [1.807, 2.05) is 11.0 Å². The molecule has 1 saturated heterocycles. The van der Waals surface area contributed by atoms with E-state index in [0.717, 1.165) is 18.9 Å². The molecule has 10 heteroatoms. The van der Waals surface area contributed by atoms with Gasteiger partial charge in [0, 0.05) is 31.1 Å². The Bertz CT molecular complexity index is 1160. The number of hydrogen-bond donors (Lipinski definition) is 2. The number of rotatable bonds is 7.